The molecule has 0 aliphatic carbocycles. The maximum absolute atomic E-state index is 5.64. The molecule has 3 rings (SSSR count). The van der Waals surface area contributed by atoms with Gasteiger partial charge in [-0.15, -0.1) is 0 Å². The van der Waals surface area contributed by atoms with Gasteiger partial charge in [-0.05, 0) is 30.3 Å². The third-order valence-corrected chi connectivity index (χ3v) is 2.51. The third-order valence-electron chi connectivity index (χ3n) is 2.26. The SMILES string of the molecule is S=c1ccc2c(c1)oc1ccc[nH]c12. The zero-order valence-corrected chi connectivity index (χ0v) is 8.10. The Hall–Kier alpha value is -1.61. The van der Waals surface area contributed by atoms with Crippen LogP contribution in [0.4, 0.5) is 0 Å². The minimum absolute atomic E-state index is 0.802. The normalized spacial score (nSPS) is 11.1. The molecule has 3 aromatic rings. The zero-order chi connectivity index (χ0) is 9.54. The Kier molecular flexibility index (Phi) is 1.49. The second kappa shape index (κ2) is 2.69. The Morgan fingerprint density at radius 1 is 1.14 bits per heavy atom. The van der Waals surface area contributed by atoms with E-state index < -0.39 is 0 Å². The van der Waals surface area contributed by atoms with Crippen molar-refractivity contribution in [3.63, 3.8) is 0 Å². The van der Waals surface area contributed by atoms with Crippen molar-refractivity contribution in [2.75, 3.05) is 0 Å². The Morgan fingerprint density at radius 2 is 2.07 bits per heavy atom. The first-order valence-electron chi connectivity index (χ1n) is 4.34. The highest BCUT2D eigenvalue weighted by Crippen LogP contribution is 2.26. The molecule has 0 fully saturated rings. The fraction of sp³-hybridized carbons (Fsp3) is 0. The first-order chi connectivity index (χ1) is 6.84. The molecule has 0 spiro atoms. The number of fused-ring (bicyclic) bond motifs is 3. The van der Waals surface area contributed by atoms with E-state index in [-0.39, 0.29) is 0 Å². The second-order valence-electron chi connectivity index (χ2n) is 3.17. The molecule has 0 amide bonds. The van der Waals surface area contributed by atoms with Gasteiger partial charge in [-0.25, -0.2) is 0 Å². The fourth-order valence-corrected chi connectivity index (χ4v) is 1.80. The maximum Gasteiger partial charge on any atom is 0.151 e. The highest BCUT2D eigenvalue weighted by atomic mass is 32.1. The van der Waals surface area contributed by atoms with Crippen molar-refractivity contribution in [3.8, 4) is 0 Å². The zero-order valence-electron chi connectivity index (χ0n) is 7.28. The van der Waals surface area contributed by atoms with E-state index in [2.05, 4.69) is 4.98 Å². The summed E-state index contributed by atoms with van der Waals surface area (Å²) in [6.07, 6.45) is 1.89. The highest BCUT2D eigenvalue weighted by Gasteiger charge is 2.04. The number of furan rings is 1. The van der Waals surface area contributed by atoms with Gasteiger partial charge in [0.1, 0.15) is 5.58 Å². The molecule has 0 unspecified atom stereocenters. The summed E-state index contributed by atoms with van der Waals surface area (Å²) in [5, 5.41) is 1.08. The molecule has 0 bridgehead atoms. The predicted molar refractivity (Wildman–Crippen MR) is 58.9 cm³/mol. The average Bonchev–Trinajstić information content (AvgIpc) is 2.54. The topological polar surface area (TPSA) is 28.9 Å². The number of rotatable bonds is 0. The summed E-state index contributed by atoms with van der Waals surface area (Å²) in [4.78, 5) is 3.17. The number of benzene rings is 1. The fourth-order valence-electron chi connectivity index (χ4n) is 1.63. The van der Waals surface area contributed by atoms with Crippen LogP contribution >= 0.6 is 12.2 Å². The van der Waals surface area contributed by atoms with Gasteiger partial charge >= 0.3 is 0 Å². The Bertz CT molecular complexity index is 665. The van der Waals surface area contributed by atoms with Crippen LogP contribution in [-0.2, 0) is 0 Å². The Balaban J connectivity index is 2.63. The number of hydrogen-bond acceptors (Lipinski definition) is 2. The number of nitrogens with one attached hydrogen (secondary N) is 1. The highest BCUT2D eigenvalue weighted by molar-refractivity contribution is 7.71. The van der Waals surface area contributed by atoms with Crippen molar-refractivity contribution < 1.29 is 4.42 Å². The van der Waals surface area contributed by atoms with Gasteiger partial charge in [0.2, 0.25) is 0 Å². The lowest BCUT2D eigenvalue weighted by atomic mass is 10.2. The molecule has 0 saturated heterocycles. The molecule has 0 aliphatic heterocycles. The van der Waals surface area contributed by atoms with E-state index in [0.29, 0.717) is 0 Å². The summed E-state index contributed by atoms with van der Waals surface area (Å²) < 4.78 is 6.44. The lowest BCUT2D eigenvalue weighted by Gasteiger charge is -1.87. The molecule has 0 atom stereocenters. The van der Waals surface area contributed by atoms with Crippen LogP contribution in [0.25, 0.3) is 22.1 Å². The molecular weight excluding hydrogens is 194 g/mol. The van der Waals surface area contributed by atoms with Crippen LogP contribution in [0.5, 0.6) is 0 Å². The number of H-pyrrole nitrogens is 1. The van der Waals surface area contributed by atoms with Gasteiger partial charge in [0, 0.05) is 16.1 Å². The first kappa shape index (κ1) is 7.76. The Labute approximate surface area is 85.2 Å². The quantitative estimate of drug-likeness (QED) is 0.562. The summed E-state index contributed by atoms with van der Waals surface area (Å²) >= 11 is 5.07. The predicted octanol–water partition coefficient (Wildman–Crippen LogP) is 3.64. The van der Waals surface area contributed by atoms with Crippen LogP contribution in [0.2, 0.25) is 0 Å². The molecule has 0 aliphatic rings. The molecule has 68 valence electrons. The van der Waals surface area contributed by atoms with Crippen LogP contribution in [0.3, 0.4) is 0 Å². The van der Waals surface area contributed by atoms with Crippen LogP contribution in [0.1, 0.15) is 0 Å². The van der Waals surface area contributed by atoms with Crippen LogP contribution in [0, 0.1) is 4.51 Å². The second-order valence-corrected chi connectivity index (χ2v) is 3.64. The monoisotopic (exact) mass is 201 g/mol. The smallest absolute Gasteiger partial charge is 0.151 e. The number of hydrogen-bond donors (Lipinski definition) is 1. The van der Waals surface area contributed by atoms with Gasteiger partial charge in [0.25, 0.3) is 0 Å². The molecule has 14 heavy (non-hydrogen) atoms. The van der Waals surface area contributed by atoms with Gasteiger partial charge in [0.15, 0.2) is 5.58 Å². The Morgan fingerprint density at radius 3 is 3.00 bits per heavy atom. The van der Waals surface area contributed by atoms with E-state index >= 15 is 0 Å². The minimum atomic E-state index is 0.802. The summed E-state index contributed by atoms with van der Waals surface area (Å²) in [6, 6.07) is 9.63. The van der Waals surface area contributed by atoms with E-state index in [4.69, 9.17) is 16.6 Å². The van der Waals surface area contributed by atoms with E-state index in [1.54, 1.807) is 0 Å². The van der Waals surface area contributed by atoms with E-state index in [0.717, 1.165) is 26.6 Å². The summed E-state index contributed by atoms with van der Waals surface area (Å²) in [5.41, 5.74) is 2.73. The van der Waals surface area contributed by atoms with Crippen LogP contribution < -0.4 is 0 Å². The molecule has 3 heteroatoms. The molecule has 2 heterocycles. The van der Waals surface area contributed by atoms with Gasteiger partial charge < -0.3 is 9.40 Å². The molecule has 1 N–H and O–H groups in total. The maximum atomic E-state index is 5.64. The van der Waals surface area contributed by atoms with Crippen molar-refractivity contribution in [2.45, 2.75) is 0 Å². The largest absolute Gasteiger partial charge is 0.454 e. The van der Waals surface area contributed by atoms with Gasteiger partial charge in [-0.2, -0.15) is 0 Å². The molecule has 0 saturated carbocycles. The van der Waals surface area contributed by atoms with Gasteiger partial charge in [-0.1, -0.05) is 12.2 Å². The van der Waals surface area contributed by atoms with E-state index in [1.807, 2.05) is 36.5 Å². The van der Waals surface area contributed by atoms with Gasteiger partial charge in [0.05, 0.1) is 5.52 Å². The van der Waals surface area contributed by atoms with Crippen molar-refractivity contribution in [1.82, 2.24) is 4.98 Å². The van der Waals surface area contributed by atoms with Crippen molar-refractivity contribution in [3.05, 3.63) is 41.0 Å². The number of aromatic nitrogens is 1. The van der Waals surface area contributed by atoms with Crippen molar-refractivity contribution >= 4 is 34.3 Å². The summed E-state index contributed by atoms with van der Waals surface area (Å²) in [5.74, 6) is 0. The number of aromatic amines is 1. The minimum Gasteiger partial charge on any atom is -0.454 e. The van der Waals surface area contributed by atoms with Gasteiger partial charge in [-0.3, -0.25) is 0 Å². The lowest BCUT2D eigenvalue weighted by Crippen LogP contribution is -1.70. The standard InChI is InChI=1S/C11H7NOS/c14-7-3-4-8-10(6-7)13-9-2-1-5-12-11(8)9/h1-6,12H. The first-order valence-corrected chi connectivity index (χ1v) is 4.75. The average molecular weight is 201 g/mol. The van der Waals surface area contributed by atoms with Crippen LogP contribution in [0.15, 0.2) is 40.9 Å². The molecular formula is C11H7NOS. The van der Waals surface area contributed by atoms with E-state index in [1.165, 1.54) is 0 Å². The summed E-state index contributed by atoms with van der Waals surface area (Å²) in [7, 11) is 0. The van der Waals surface area contributed by atoms with Crippen molar-refractivity contribution in [1.29, 1.82) is 0 Å². The molecule has 2 nitrogen and oxygen atoms in total. The molecule has 1 aromatic carbocycles. The van der Waals surface area contributed by atoms with Crippen molar-refractivity contribution in [2.24, 2.45) is 0 Å². The van der Waals surface area contributed by atoms with Crippen LogP contribution in [-0.4, -0.2) is 4.98 Å². The number of pyridine rings is 1. The molecule has 0 radical (unpaired) electrons. The third kappa shape index (κ3) is 0.992. The lowest BCUT2D eigenvalue weighted by molar-refractivity contribution is 0.668. The van der Waals surface area contributed by atoms with E-state index in [9.17, 15) is 0 Å². The molecule has 2 aromatic heterocycles. The summed E-state index contributed by atoms with van der Waals surface area (Å²) in [6.45, 7) is 0.